The van der Waals surface area contributed by atoms with Crippen LogP contribution in [-0.2, 0) is 9.59 Å². The number of hydrogen-bond acceptors (Lipinski definition) is 2. The maximum atomic E-state index is 12.1. The molecule has 128 valence electrons. The highest BCUT2D eigenvalue weighted by atomic mass is 79.9. The number of amides is 2. The van der Waals surface area contributed by atoms with E-state index in [1.54, 1.807) is 0 Å². The molecule has 0 unspecified atom stereocenters. The van der Waals surface area contributed by atoms with Gasteiger partial charge in [-0.05, 0) is 49.9 Å². The SMILES string of the molecule is CCCN(CCC)C(=O)CCCC(=O)Nc1ccc(Br)c(C)c1. The van der Waals surface area contributed by atoms with Crippen molar-refractivity contribution >= 4 is 33.4 Å². The normalized spacial score (nSPS) is 10.4. The Bertz CT molecular complexity index is 526. The molecule has 0 aromatic heterocycles. The van der Waals surface area contributed by atoms with E-state index in [-0.39, 0.29) is 11.8 Å². The first-order valence-corrected chi connectivity index (χ1v) is 9.11. The standard InChI is InChI=1S/C18H27BrN2O2/c1-4-11-21(12-5-2)18(23)8-6-7-17(22)20-15-9-10-16(19)14(3)13-15/h9-10,13H,4-8,11-12H2,1-3H3,(H,20,22). The van der Waals surface area contributed by atoms with Crippen LogP contribution in [0.3, 0.4) is 0 Å². The van der Waals surface area contributed by atoms with Crippen molar-refractivity contribution in [3.8, 4) is 0 Å². The zero-order valence-corrected chi connectivity index (χ0v) is 15.9. The summed E-state index contributed by atoms with van der Waals surface area (Å²) in [6.45, 7) is 7.73. The summed E-state index contributed by atoms with van der Waals surface area (Å²) in [7, 11) is 0. The number of carbonyl (C=O) groups is 2. The van der Waals surface area contributed by atoms with Crippen molar-refractivity contribution < 1.29 is 9.59 Å². The molecule has 0 saturated heterocycles. The van der Waals surface area contributed by atoms with Crippen molar-refractivity contribution in [2.75, 3.05) is 18.4 Å². The van der Waals surface area contributed by atoms with Crippen molar-refractivity contribution in [2.24, 2.45) is 0 Å². The Morgan fingerprint density at radius 1 is 1.13 bits per heavy atom. The molecule has 1 N–H and O–H groups in total. The Morgan fingerprint density at radius 2 is 1.78 bits per heavy atom. The number of carbonyl (C=O) groups excluding carboxylic acids is 2. The first-order valence-electron chi connectivity index (χ1n) is 8.31. The average Bonchev–Trinajstić information content (AvgIpc) is 2.50. The number of aryl methyl sites for hydroxylation is 1. The number of rotatable bonds is 9. The second-order valence-electron chi connectivity index (χ2n) is 5.75. The summed E-state index contributed by atoms with van der Waals surface area (Å²) in [5.74, 6) is 0.109. The Kier molecular flexibility index (Phi) is 8.92. The predicted octanol–water partition coefficient (Wildman–Crippen LogP) is 4.51. The van der Waals surface area contributed by atoms with Crippen LogP contribution in [0.25, 0.3) is 0 Å². The van der Waals surface area contributed by atoms with Gasteiger partial charge in [-0.25, -0.2) is 0 Å². The molecule has 2 amide bonds. The summed E-state index contributed by atoms with van der Waals surface area (Å²) in [5, 5.41) is 2.88. The van der Waals surface area contributed by atoms with Gasteiger partial charge in [0.2, 0.25) is 11.8 Å². The van der Waals surface area contributed by atoms with E-state index in [1.165, 1.54) is 0 Å². The first-order chi connectivity index (χ1) is 11.0. The summed E-state index contributed by atoms with van der Waals surface area (Å²) >= 11 is 3.44. The van der Waals surface area contributed by atoms with E-state index >= 15 is 0 Å². The molecule has 0 saturated carbocycles. The van der Waals surface area contributed by atoms with Crippen LogP contribution in [-0.4, -0.2) is 29.8 Å². The fraction of sp³-hybridized carbons (Fsp3) is 0.556. The van der Waals surface area contributed by atoms with Gasteiger partial charge in [-0.1, -0.05) is 29.8 Å². The minimum absolute atomic E-state index is 0.0444. The molecule has 1 rings (SSSR count). The van der Waals surface area contributed by atoms with E-state index in [1.807, 2.05) is 30.0 Å². The van der Waals surface area contributed by atoms with Crippen LogP contribution in [0.1, 0.15) is 51.5 Å². The molecular formula is C18H27BrN2O2. The molecule has 0 fully saturated rings. The van der Waals surface area contributed by atoms with Gasteiger partial charge < -0.3 is 10.2 Å². The Balaban J connectivity index is 2.38. The summed E-state index contributed by atoms with van der Waals surface area (Å²) in [6, 6.07) is 5.71. The third-order valence-corrected chi connectivity index (χ3v) is 4.47. The summed E-state index contributed by atoms with van der Waals surface area (Å²) in [6.07, 6.45) is 3.33. The smallest absolute Gasteiger partial charge is 0.224 e. The lowest BCUT2D eigenvalue weighted by atomic mass is 10.2. The summed E-state index contributed by atoms with van der Waals surface area (Å²) in [5.41, 5.74) is 1.87. The van der Waals surface area contributed by atoms with Gasteiger partial charge >= 0.3 is 0 Å². The van der Waals surface area contributed by atoms with E-state index < -0.39 is 0 Å². The van der Waals surface area contributed by atoms with E-state index in [4.69, 9.17) is 0 Å². The average molecular weight is 383 g/mol. The van der Waals surface area contributed by atoms with E-state index in [0.29, 0.717) is 19.3 Å². The van der Waals surface area contributed by atoms with Gasteiger partial charge in [0.25, 0.3) is 0 Å². The lowest BCUT2D eigenvalue weighted by molar-refractivity contribution is -0.131. The summed E-state index contributed by atoms with van der Waals surface area (Å²) < 4.78 is 1.02. The quantitative estimate of drug-likeness (QED) is 0.682. The molecule has 0 spiro atoms. The molecule has 1 aromatic rings. The van der Waals surface area contributed by atoms with Gasteiger partial charge in [-0.15, -0.1) is 0 Å². The van der Waals surface area contributed by atoms with Crippen LogP contribution in [0.4, 0.5) is 5.69 Å². The number of nitrogens with zero attached hydrogens (tertiary/aromatic N) is 1. The van der Waals surface area contributed by atoms with Crippen LogP contribution in [0.15, 0.2) is 22.7 Å². The topological polar surface area (TPSA) is 49.4 Å². The van der Waals surface area contributed by atoms with Gasteiger partial charge in [0, 0.05) is 36.1 Å². The van der Waals surface area contributed by atoms with Gasteiger partial charge in [0.1, 0.15) is 0 Å². The van der Waals surface area contributed by atoms with Crippen LogP contribution in [0, 0.1) is 6.92 Å². The molecule has 0 atom stereocenters. The lowest BCUT2D eigenvalue weighted by Gasteiger charge is -2.21. The molecule has 4 nitrogen and oxygen atoms in total. The molecule has 0 radical (unpaired) electrons. The number of anilines is 1. The molecule has 1 aromatic carbocycles. The number of halogens is 1. The van der Waals surface area contributed by atoms with E-state index in [0.717, 1.165) is 41.7 Å². The molecule has 0 heterocycles. The second kappa shape index (κ2) is 10.4. The molecule has 0 aliphatic rings. The first kappa shape index (κ1) is 19.7. The van der Waals surface area contributed by atoms with Crippen LogP contribution >= 0.6 is 15.9 Å². The Hall–Kier alpha value is -1.36. The van der Waals surface area contributed by atoms with Crippen molar-refractivity contribution in [1.82, 2.24) is 4.90 Å². The third kappa shape index (κ3) is 7.16. The maximum absolute atomic E-state index is 12.1. The zero-order valence-electron chi connectivity index (χ0n) is 14.3. The van der Waals surface area contributed by atoms with Crippen molar-refractivity contribution in [3.63, 3.8) is 0 Å². The molecule has 23 heavy (non-hydrogen) atoms. The highest BCUT2D eigenvalue weighted by molar-refractivity contribution is 9.10. The summed E-state index contributed by atoms with van der Waals surface area (Å²) in [4.78, 5) is 26.0. The predicted molar refractivity (Wildman–Crippen MR) is 98.5 cm³/mol. The fourth-order valence-corrected chi connectivity index (χ4v) is 2.65. The van der Waals surface area contributed by atoms with Gasteiger partial charge in [-0.2, -0.15) is 0 Å². The van der Waals surface area contributed by atoms with Crippen molar-refractivity contribution in [2.45, 2.75) is 52.9 Å². The third-order valence-electron chi connectivity index (χ3n) is 3.58. The largest absolute Gasteiger partial charge is 0.343 e. The Labute approximate surface area is 147 Å². The molecular weight excluding hydrogens is 356 g/mol. The zero-order chi connectivity index (χ0) is 17.2. The van der Waals surface area contributed by atoms with Crippen molar-refractivity contribution in [1.29, 1.82) is 0 Å². The van der Waals surface area contributed by atoms with Crippen molar-refractivity contribution in [3.05, 3.63) is 28.2 Å². The van der Waals surface area contributed by atoms with E-state index in [2.05, 4.69) is 35.1 Å². The van der Waals surface area contributed by atoms with Crippen LogP contribution in [0.5, 0.6) is 0 Å². The van der Waals surface area contributed by atoms with Gasteiger partial charge in [0.15, 0.2) is 0 Å². The number of benzene rings is 1. The van der Waals surface area contributed by atoms with Crippen LogP contribution in [0.2, 0.25) is 0 Å². The van der Waals surface area contributed by atoms with E-state index in [9.17, 15) is 9.59 Å². The van der Waals surface area contributed by atoms with Crippen LogP contribution < -0.4 is 5.32 Å². The minimum atomic E-state index is -0.0444. The monoisotopic (exact) mass is 382 g/mol. The molecule has 0 aliphatic heterocycles. The lowest BCUT2D eigenvalue weighted by Crippen LogP contribution is -2.32. The second-order valence-corrected chi connectivity index (χ2v) is 6.60. The molecule has 0 bridgehead atoms. The maximum Gasteiger partial charge on any atom is 0.224 e. The number of hydrogen-bond donors (Lipinski definition) is 1. The molecule has 5 heteroatoms. The highest BCUT2D eigenvalue weighted by Crippen LogP contribution is 2.20. The van der Waals surface area contributed by atoms with Gasteiger partial charge in [-0.3, -0.25) is 9.59 Å². The van der Waals surface area contributed by atoms with Gasteiger partial charge in [0.05, 0.1) is 0 Å². The Morgan fingerprint density at radius 3 is 2.35 bits per heavy atom. The highest BCUT2D eigenvalue weighted by Gasteiger charge is 2.12. The molecule has 0 aliphatic carbocycles. The number of nitrogens with one attached hydrogen (secondary N) is 1. The minimum Gasteiger partial charge on any atom is -0.343 e. The fourth-order valence-electron chi connectivity index (χ4n) is 2.41.